The molecule has 0 aromatic heterocycles. The molecule has 1 aromatic rings. The number of carbonyl (C=O) groups excluding carboxylic acids is 1. The number of rotatable bonds is 2. The summed E-state index contributed by atoms with van der Waals surface area (Å²) in [5.41, 5.74) is -1.40. The lowest BCUT2D eigenvalue weighted by Gasteiger charge is -2.07. The van der Waals surface area contributed by atoms with E-state index >= 15 is 0 Å². The zero-order valence-electron chi connectivity index (χ0n) is 7.58. The van der Waals surface area contributed by atoms with Gasteiger partial charge in [0, 0.05) is 0 Å². The second-order valence-corrected chi connectivity index (χ2v) is 2.64. The van der Waals surface area contributed by atoms with Gasteiger partial charge in [0.05, 0.1) is 0 Å². The first-order valence-electron chi connectivity index (χ1n) is 3.85. The van der Waals surface area contributed by atoms with Gasteiger partial charge in [-0.3, -0.25) is 4.79 Å². The minimum absolute atomic E-state index is 0.623. The standard InChI is InChI=1S/C9H4F5NO/c1-2-3(16)15-9-7(13)5(11)4(10)6(12)8(9)14/h2H,1H2,(H,15,16). The zero-order valence-corrected chi connectivity index (χ0v) is 7.58. The van der Waals surface area contributed by atoms with Crippen molar-refractivity contribution in [3.05, 3.63) is 41.7 Å². The maximum Gasteiger partial charge on any atom is 0.247 e. The summed E-state index contributed by atoms with van der Waals surface area (Å²) in [6.07, 6.45) is 0.623. The van der Waals surface area contributed by atoms with Gasteiger partial charge in [0.1, 0.15) is 5.69 Å². The topological polar surface area (TPSA) is 29.1 Å². The lowest BCUT2D eigenvalue weighted by atomic mass is 10.2. The number of hydrogen-bond donors (Lipinski definition) is 1. The van der Waals surface area contributed by atoms with Gasteiger partial charge >= 0.3 is 0 Å². The van der Waals surface area contributed by atoms with E-state index in [1.165, 1.54) is 5.32 Å². The molecule has 2 nitrogen and oxygen atoms in total. The molecule has 0 radical (unpaired) electrons. The average molecular weight is 237 g/mol. The van der Waals surface area contributed by atoms with Crippen LogP contribution in [0, 0.1) is 29.1 Å². The average Bonchev–Trinajstić information content (AvgIpc) is 2.29. The number of halogens is 5. The van der Waals surface area contributed by atoms with Crippen molar-refractivity contribution in [2.45, 2.75) is 0 Å². The van der Waals surface area contributed by atoms with Gasteiger partial charge in [-0.1, -0.05) is 6.58 Å². The third kappa shape index (κ3) is 1.88. The minimum Gasteiger partial charge on any atom is -0.317 e. The lowest BCUT2D eigenvalue weighted by Crippen LogP contribution is -2.14. The van der Waals surface area contributed by atoms with E-state index < -0.39 is 40.7 Å². The molecule has 7 heteroatoms. The van der Waals surface area contributed by atoms with E-state index in [-0.39, 0.29) is 0 Å². The Morgan fingerprint density at radius 1 is 0.938 bits per heavy atom. The summed E-state index contributed by atoms with van der Waals surface area (Å²) >= 11 is 0. The second kappa shape index (κ2) is 4.30. The fourth-order valence-corrected chi connectivity index (χ4v) is 0.889. The van der Waals surface area contributed by atoms with Crippen LogP contribution in [-0.4, -0.2) is 5.91 Å². The molecular formula is C9H4F5NO. The Hall–Kier alpha value is -1.92. The van der Waals surface area contributed by atoms with Crippen LogP contribution in [0.1, 0.15) is 0 Å². The van der Waals surface area contributed by atoms with Crippen molar-refractivity contribution >= 4 is 11.6 Å². The van der Waals surface area contributed by atoms with Crippen molar-refractivity contribution in [3.8, 4) is 0 Å². The Balaban J connectivity index is 3.39. The molecule has 0 aliphatic rings. The van der Waals surface area contributed by atoms with Crippen LogP contribution in [0.15, 0.2) is 12.7 Å². The van der Waals surface area contributed by atoms with Crippen molar-refractivity contribution in [2.75, 3.05) is 5.32 Å². The first kappa shape index (κ1) is 12.2. The van der Waals surface area contributed by atoms with Crippen LogP contribution in [0.2, 0.25) is 0 Å². The molecule has 0 fully saturated rings. The van der Waals surface area contributed by atoms with Gasteiger partial charge < -0.3 is 5.32 Å². The van der Waals surface area contributed by atoms with Crippen LogP contribution in [0.5, 0.6) is 0 Å². The van der Waals surface area contributed by atoms with Crippen molar-refractivity contribution in [1.29, 1.82) is 0 Å². The van der Waals surface area contributed by atoms with E-state index in [9.17, 15) is 26.7 Å². The lowest BCUT2D eigenvalue weighted by molar-refractivity contribution is -0.111. The van der Waals surface area contributed by atoms with Gasteiger partial charge in [0.15, 0.2) is 23.3 Å². The molecule has 1 aromatic carbocycles. The van der Waals surface area contributed by atoms with E-state index in [0.717, 1.165) is 0 Å². The summed E-state index contributed by atoms with van der Waals surface area (Å²) in [7, 11) is 0. The molecule has 0 unspecified atom stereocenters. The van der Waals surface area contributed by atoms with Crippen LogP contribution in [0.25, 0.3) is 0 Å². The smallest absolute Gasteiger partial charge is 0.247 e. The largest absolute Gasteiger partial charge is 0.317 e. The van der Waals surface area contributed by atoms with Gasteiger partial charge in [-0.2, -0.15) is 0 Å². The molecule has 0 saturated carbocycles. The first-order valence-corrected chi connectivity index (χ1v) is 3.85. The molecule has 1 amide bonds. The number of hydrogen-bond acceptors (Lipinski definition) is 1. The third-order valence-corrected chi connectivity index (χ3v) is 1.64. The molecule has 0 aliphatic carbocycles. The molecule has 0 saturated heterocycles. The molecule has 0 bridgehead atoms. The maximum atomic E-state index is 12.9. The van der Waals surface area contributed by atoms with E-state index in [0.29, 0.717) is 6.08 Å². The van der Waals surface area contributed by atoms with Gasteiger partial charge in [0.25, 0.3) is 0 Å². The highest BCUT2D eigenvalue weighted by Crippen LogP contribution is 2.26. The van der Waals surface area contributed by atoms with E-state index in [1.54, 1.807) is 0 Å². The van der Waals surface area contributed by atoms with Crippen LogP contribution in [0.3, 0.4) is 0 Å². The number of benzene rings is 1. The van der Waals surface area contributed by atoms with Crippen molar-refractivity contribution in [2.24, 2.45) is 0 Å². The molecule has 0 heterocycles. The summed E-state index contributed by atoms with van der Waals surface area (Å²) in [4.78, 5) is 10.7. The van der Waals surface area contributed by atoms with Crippen molar-refractivity contribution in [1.82, 2.24) is 0 Å². The van der Waals surface area contributed by atoms with E-state index in [2.05, 4.69) is 6.58 Å². The second-order valence-electron chi connectivity index (χ2n) is 2.64. The fraction of sp³-hybridized carbons (Fsp3) is 0. The number of nitrogens with one attached hydrogen (secondary N) is 1. The molecule has 0 aliphatic heterocycles. The number of amides is 1. The highest BCUT2D eigenvalue weighted by molar-refractivity contribution is 5.99. The highest BCUT2D eigenvalue weighted by atomic mass is 19.2. The van der Waals surface area contributed by atoms with E-state index in [1.807, 2.05) is 0 Å². The van der Waals surface area contributed by atoms with Crippen LogP contribution in [0.4, 0.5) is 27.6 Å². The number of carbonyl (C=O) groups is 1. The normalized spacial score (nSPS) is 10.1. The SMILES string of the molecule is C=CC(=O)Nc1c(F)c(F)c(F)c(F)c1F. The predicted molar refractivity (Wildman–Crippen MR) is 45.1 cm³/mol. The summed E-state index contributed by atoms with van der Waals surface area (Å²) in [6.45, 7) is 2.96. The summed E-state index contributed by atoms with van der Waals surface area (Å²) in [5.74, 6) is -11.8. The van der Waals surface area contributed by atoms with Gasteiger partial charge in [-0.25, -0.2) is 22.0 Å². The van der Waals surface area contributed by atoms with Gasteiger partial charge in [-0.05, 0) is 6.08 Å². The Kier molecular flexibility index (Phi) is 3.26. The minimum atomic E-state index is -2.29. The third-order valence-electron chi connectivity index (χ3n) is 1.64. The first-order chi connectivity index (χ1) is 7.40. The molecule has 0 spiro atoms. The molecule has 1 rings (SSSR count). The quantitative estimate of drug-likeness (QED) is 0.364. The summed E-state index contributed by atoms with van der Waals surface area (Å²) in [5, 5.41) is 1.48. The fourth-order valence-electron chi connectivity index (χ4n) is 0.889. The molecule has 86 valence electrons. The van der Waals surface area contributed by atoms with Crippen molar-refractivity contribution in [3.63, 3.8) is 0 Å². The Bertz CT molecular complexity index is 442. The summed E-state index contributed by atoms with van der Waals surface area (Å²) < 4.78 is 63.7. The van der Waals surface area contributed by atoms with Crippen LogP contribution in [-0.2, 0) is 4.79 Å². The Labute approximate surface area is 86.4 Å². The Morgan fingerprint density at radius 2 is 1.31 bits per heavy atom. The summed E-state index contributed by atoms with van der Waals surface area (Å²) in [6, 6.07) is 0. The molecule has 16 heavy (non-hydrogen) atoms. The van der Waals surface area contributed by atoms with Gasteiger partial charge in [0.2, 0.25) is 11.7 Å². The van der Waals surface area contributed by atoms with Gasteiger partial charge in [-0.15, -0.1) is 0 Å². The number of anilines is 1. The zero-order chi connectivity index (χ0) is 12.5. The highest BCUT2D eigenvalue weighted by Gasteiger charge is 2.26. The molecule has 0 atom stereocenters. The Morgan fingerprint density at radius 3 is 1.69 bits per heavy atom. The molecule has 1 N–H and O–H groups in total. The van der Waals surface area contributed by atoms with Crippen LogP contribution < -0.4 is 5.32 Å². The monoisotopic (exact) mass is 237 g/mol. The maximum absolute atomic E-state index is 12.9. The van der Waals surface area contributed by atoms with E-state index in [4.69, 9.17) is 0 Å². The van der Waals surface area contributed by atoms with Crippen molar-refractivity contribution < 1.29 is 26.7 Å². The molecular weight excluding hydrogens is 233 g/mol. The van der Waals surface area contributed by atoms with Crippen LogP contribution >= 0.6 is 0 Å². The predicted octanol–water partition coefficient (Wildman–Crippen LogP) is 2.51.